The third-order valence-electron chi connectivity index (χ3n) is 2.60. The van der Waals surface area contributed by atoms with E-state index in [0.717, 1.165) is 15.6 Å². The van der Waals surface area contributed by atoms with Crippen LogP contribution in [0.5, 0.6) is 0 Å². The standard InChI is InChI=1S/C11H8N2O2S/c14-10-9(12-11(15)13-10)7-5-16-8-4-2-1-3-6(7)8/h1-5,9H,(H2,12,13,14,15). The molecule has 80 valence electrons. The summed E-state index contributed by atoms with van der Waals surface area (Å²) in [6.45, 7) is 0. The molecule has 1 aromatic heterocycles. The Morgan fingerprint density at radius 2 is 2.00 bits per heavy atom. The predicted octanol–water partition coefficient (Wildman–Crippen LogP) is 1.78. The van der Waals surface area contributed by atoms with E-state index in [2.05, 4.69) is 10.6 Å². The molecule has 1 atom stereocenters. The van der Waals surface area contributed by atoms with Crippen molar-refractivity contribution in [2.45, 2.75) is 6.04 Å². The van der Waals surface area contributed by atoms with Crippen LogP contribution in [-0.4, -0.2) is 11.9 Å². The highest BCUT2D eigenvalue weighted by atomic mass is 32.1. The number of hydrogen-bond acceptors (Lipinski definition) is 3. The number of nitrogens with one attached hydrogen (secondary N) is 2. The van der Waals surface area contributed by atoms with Crippen molar-refractivity contribution in [2.75, 3.05) is 0 Å². The third kappa shape index (κ3) is 1.29. The molecule has 1 fully saturated rings. The molecule has 4 nitrogen and oxygen atoms in total. The number of carbonyl (C=O) groups is 2. The first-order valence-corrected chi connectivity index (χ1v) is 5.71. The predicted molar refractivity (Wildman–Crippen MR) is 61.2 cm³/mol. The topological polar surface area (TPSA) is 58.2 Å². The highest BCUT2D eigenvalue weighted by Crippen LogP contribution is 2.31. The van der Waals surface area contributed by atoms with Crippen LogP contribution in [-0.2, 0) is 4.79 Å². The van der Waals surface area contributed by atoms with Gasteiger partial charge in [0.2, 0.25) is 0 Å². The summed E-state index contributed by atoms with van der Waals surface area (Å²) in [6, 6.07) is 6.86. The Morgan fingerprint density at radius 3 is 2.75 bits per heavy atom. The zero-order chi connectivity index (χ0) is 11.1. The van der Waals surface area contributed by atoms with Gasteiger partial charge >= 0.3 is 6.03 Å². The lowest BCUT2D eigenvalue weighted by Gasteiger charge is -2.05. The zero-order valence-corrected chi connectivity index (χ0v) is 9.01. The maximum absolute atomic E-state index is 11.5. The molecule has 3 rings (SSSR count). The van der Waals surface area contributed by atoms with Gasteiger partial charge in [-0.3, -0.25) is 10.1 Å². The number of carbonyl (C=O) groups excluding carboxylic acids is 2. The first-order chi connectivity index (χ1) is 7.75. The zero-order valence-electron chi connectivity index (χ0n) is 8.19. The second kappa shape index (κ2) is 3.31. The largest absolute Gasteiger partial charge is 0.322 e. The van der Waals surface area contributed by atoms with E-state index in [4.69, 9.17) is 0 Å². The quantitative estimate of drug-likeness (QED) is 0.736. The van der Waals surface area contributed by atoms with Crippen molar-refractivity contribution in [2.24, 2.45) is 0 Å². The second-order valence-electron chi connectivity index (χ2n) is 3.58. The van der Waals surface area contributed by atoms with Crippen LogP contribution in [0.1, 0.15) is 11.6 Å². The number of benzene rings is 1. The smallest absolute Gasteiger partial charge is 0.322 e. The normalized spacial score (nSPS) is 19.9. The first-order valence-electron chi connectivity index (χ1n) is 4.83. The molecule has 2 aromatic rings. The van der Waals surface area contributed by atoms with Gasteiger partial charge in [0.1, 0.15) is 6.04 Å². The number of fused-ring (bicyclic) bond motifs is 1. The van der Waals surface area contributed by atoms with Crippen molar-refractivity contribution in [1.29, 1.82) is 0 Å². The molecule has 1 unspecified atom stereocenters. The average Bonchev–Trinajstić information content (AvgIpc) is 2.81. The Bertz CT molecular complexity index is 590. The molecule has 0 aliphatic carbocycles. The van der Waals surface area contributed by atoms with Gasteiger partial charge in [0, 0.05) is 10.3 Å². The van der Waals surface area contributed by atoms with Crippen LogP contribution in [0.3, 0.4) is 0 Å². The number of hydrogen-bond donors (Lipinski definition) is 2. The minimum Gasteiger partial charge on any atom is -0.322 e. The van der Waals surface area contributed by atoms with Crippen LogP contribution in [0.15, 0.2) is 29.6 Å². The van der Waals surface area contributed by atoms with E-state index in [1.165, 1.54) is 0 Å². The lowest BCUT2D eigenvalue weighted by atomic mass is 10.1. The van der Waals surface area contributed by atoms with E-state index in [9.17, 15) is 9.59 Å². The number of thiophene rings is 1. The molecule has 16 heavy (non-hydrogen) atoms. The summed E-state index contributed by atoms with van der Waals surface area (Å²) in [5, 5.41) is 7.78. The molecular formula is C11H8N2O2S. The summed E-state index contributed by atoms with van der Waals surface area (Å²) in [5.41, 5.74) is 0.865. The summed E-state index contributed by atoms with van der Waals surface area (Å²) in [4.78, 5) is 22.6. The SMILES string of the molecule is O=C1NC(=O)C(c2csc3ccccc23)N1. The maximum Gasteiger partial charge on any atom is 0.322 e. The van der Waals surface area contributed by atoms with Crippen molar-refractivity contribution in [1.82, 2.24) is 10.6 Å². The minimum absolute atomic E-state index is 0.284. The third-order valence-corrected chi connectivity index (χ3v) is 3.58. The summed E-state index contributed by atoms with van der Waals surface area (Å²) < 4.78 is 1.12. The summed E-state index contributed by atoms with van der Waals surface area (Å²) in [7, 11) is 0. The van der Waals surface area contributed by atoms with E-state index >= 15 is 0 Å². The first kappa shape index (κ1) is 9.35. The Hall–Kier alpha value is -1.88. The Kier molecular flexibility index (Phi) is 1.94. The number of urea groups is 1. The van der Waals surface area contributed by atoms with Crippen LogP contribution < -0.4 is 10.6 Å². The van der Waals surface area contributed by atoms with E-state index in [-0.39, 0.29) is 5.91 Å². The van der Waals surface area contributed by atoms with E-state index in [1.807, 2.05) is 29.6 Å². The van der Waals surface area contributed by atoms with Gasteiger partial charge in [0.15, 0.2) is 0 Å². The van der Waals surface area contributed by atoms with E-state index in [0.29, 0.717) is 0 Å². The van der Waals surface area contributed by atoms with Gasteiger partial charge in [0.05, 0.1) is 0 Å². The summed E-state index contributed by atoms with van der Waals surface area (Å²) in [5.74, 6) is -0.284. The van der Waals surface area contributed by atoms with Gasteiger partial charge in [-0.25, -0.2) is 4.79 Å². The van der Waals surface area contributed by atoms with Gasteiger partial charge in [-0.1, -0.05) is 18.2 Å². The molecule has 0 saturated carbocycles. The lowest BCUT2D eigenvalue weighted by molar-refractivity contribution is -0.120. The van der Waals surface area contributed by atoms with Crippen molar-refractivity contribution in [3.63, 3.8) is 0 Å². The van der Waals surface area contributed by atoms with Gasteiger partial charge in [0.25, 0.3) is 5.91 Å². The Balaban J connectivity index is 2.13. The highest BCUT2D eigenvalue weighted by molar-refractivity contribution is 7.17. The highest BCUT2D eigenvalue weighted by Gasteiger charge is 2.32. The monoisotopic (exact) mass is 232 g/mol. The van der Waals surface area contributed by atoms with Gasteiger partial charge in [-0.15, -0.1) is 11.3 Å². The fourth-order valence-corrected chi connectivity index (χ4v) is 2.84. The van der Waals surface area contributed by atoms with Crippen LogP contribution in [0.2, 0.25) is 0 Å². The second-order valence-corrected chi connectivity index (χ2v) is 4.49. The fourth-order valence-electron chi connectivity index (χ4n) is 1.86. The van der Waals surface area contributed by atoms with Gasteiger partial charge in [-0.05, 0) is 16.8 Å². The molecule has 0 bridgehead atoms. The van der Waals surface area contributed by atoms with Crippen LogP contribution in [0, 0.1) is 0 Å². The van der Waals surface area contributed by atoms with Crippen LogP contribution in [0.4, 0.5) is 4.79 Å². The van der Waals surface area contributed by atoms with E-state index < -0.39 is 12.1 Å². The maximum atomic E-state index is 11.5. The molecule has 1 saturated heterocycles. The van der Waals surface area contributed by atoms with Gasteiger partial charge < -0.3 is 5.32 Å². The van der Waals surface area contributed by atoms with Crippen molar-refractivity contribution >= 4 is 33.4 Å². The molecule has 3 amide bonds. The molecule has 1 aliphatic rings. The molecule has 1 aromatic carbocycles. The Labute approximate surface area is 95.3 Å². The fraction of sp³-hybridized carbons (Fsp3) is 0.0909. The lowest BCUT2D eigenvalue weighted by Crippen LogP contribution is -2.22. The molecule has 0 spiro atoms. The summed E-state index contributed by atoms with van der Waals surface area (Å²) >= 11 is 1.57. The molecule has 1 aliphatic heterocycles. The average molecular weight is 232 g/mol. The van der Waals surface area contributed by atoms with Gasteiger partial charge in [-0.2, -0.15) is 0 Å². The number of amides is 3. The molecular weight excluding hydrogens is 224 g/mol. The van der Waals surface area contributed by atoms with Crippen molar-refractivity contribution < 1.29 is 9.59 Å². The molecule has 0 radical (unpaired) electrons. The molecule has 2 heterocycles. The van der Waals surface area contributed by atoms with Crippen molar-refractivity contribution in [3.05, 3.63) is 35.2 Å². The number of imide groups is 1. The van der Waals surface area contributed by atoms with Crippen molar-refractivity contribution in [3.8, 4) is 0 Å². The van der Waals surface area contributed by atoms with Crippen LogP contribution in [0.25, 0.3) is 10.1 Å². The Morgan fingerprint density at radius 1 is 1.19 bits per heavy atom. The summed E-state index contributed by atoms with van der Waals surface area (Å²) in [6.07, 6.45) is 0. The number of rotatable bonds is 1. The minimum atomic E-state index is -0.552. The molecule has 5 heteroatoms. The van der Waals surface area contributed by atoms with Crippen LogP contribution >= 0.6 is 11.3 Å². The van der Waals surface area contributed by atoms with E-state index in [1.54, 1.807) is 11.3 Å². The molecule has 2 N–H and O–H groups in total.